The Bertz CT molecular complexity index is 767. The number of aromatic nitrogens is 1. The molecule has 0 unspecified atom stereocenters. The minimum absolute atomic E-state index is 0.167. The number of aryl methyl sites for hydroxylation is 1. The van der Waals surface area contributed by atoms with Crippen LogP contribution in [0.25, 0.3) is 11.1 Å². The third-order valence-electron chi connectivity index (χ3n) is 3.32. The van der Waals surface area contributed by atoms with E-state index in [0.717, 1.165) is 16.8 Å². The number of benzene rings is 1. The monoisotopic (exact) mass is 311 g/mol. The molecule has 1 aromatic heterocycles. The van der Waals surface area contributed by atoms with Gasteiger partial charge in [-0.1, -0.05) is 12.1 Å². The number of carboxylic acids is 1. The fraction of sp³-hybridized carbons (Fsp3) is 0.176. The summed E-state index contributed by atoms with van der Waals surface area (Å²) in [6.45, 7) is 2.91. The molecule has 0 fully saturated rings. The van der Waals surface area contributed by atoms with E-state index in [1.54, 1.807) is 24.4 Å². The third-order valence-corrected chi connectivity index (χ3v) is 3.32. The van der Waals surface area contributed by atoms with Crippen molar-refractivity contribution in [3.8, 4) is 11.1 Å². The van der Waals surface area contributed by atoms with Crippen molar-refractivity contribution in [3.63, 3.8) is 0 Å². The first-order valence-electron chi connectivity index (χ1n) is 7.01. The van der Waals surface area contributed by atoms with Crippen LogP contribution in [-0.4, -0.2) is 34.1 Å². The molecule has 0 radical (unpaired) electrons. The molecule has 6 heteroatoms. The summed E-state index contributed by atoms with van der Waals surface area (Å²) < 4.78 is 0. The molecule has 6 nitrogen and oxygen atoms in total. The first-order valence-corrected chi connectivity index (χ1v) is 7.01. The van der Waals surface area contributed by atoms with Gasteiger partial charge < -0.3 is 10.4 Å². The number of rotatable bonds is 6. The van der Waals surface area contributed by atoms with Crippen molar-refractivity contribution in [1.82, 2.24) is 4.98 Å². The normalized spacial score (nSPS) is 10.2. The Labute approximate surface area is 133 Å². The third kappa shape index (κ3) is 4.00. The van der Waals surface area contributed by atoms with E-state index < -0.39 is 5.97 Å². The zero-order valence-electron chi connectivity index (χ0n) is 12.9. The molecule has 2 aromatic rings. The first kappa shape index (κ1) is 16.4. The molecule has 0 aliphatic heterocycles. The predicted molar refractivity (Wildman–Crippen MR) is 88.0 cm³/mol. The van der Waals surface area contributed by atoms with Crippen LogP contribution < -0.4 is 5.32 Å². The van der Waals surface area contributed by atoms with Gasteiger partial charge in [0.1, 0.15) is 12.3 Å². The summed E-state index contributed by atoms with van der Waals surface area (Å²) in [6.07, 6.45) is 1.72. The summed E-state index contributed by atoms with van der Waals surface area (Å²) in [4.78, 5) is 26.5. The molecule has 0 aliphatic carbocycles. The van der Waals surface area contributed by atoms with Crippen LogP contribution in [0, 0.1) is 12.3 Å². The summed E-state index contributed by atoms with van der Waals surface area (Å²) in [5, 5.41) is 19.5. The average Bonchev–Trinajstić information content (AvgIpc) is 2.52. The Morgan fingerprint density at radius 3 is 2.48 bits per heavy atom. The maximum absolute atomic E-state index is 11.5. The average molecular weight is 311 g/mol. The second-order valence-electron chi connectivity index (χ2n) is 5.13. The Morgan fingerprint density at radius 2 is 1.91 bits per heavy atom. The Kier molecular flexibility index (Phi) is 4.85. The highest BCUT2D eigenvalue weighted by atomic mass is 16.4. The highest BCUT2D eigenvalue weighted by molar-refractivity contribution is 6.45. The van der Waals surface area contributed by atoms with Gasteiger partial charge in [0.25, 0.3) is 0 Å². The Balaban J connectivity index is 2.45. The van der Waals surface area contributed by atoms with Gasteiger partial charge in [0.2, 0.25) is 0 Å². The van der Waals surface area contributed by atoms with Crippen molar-refractivity contribution >= 4 is 23.2 Å². The molecular formula is C17H17N3O3. The molecule has 118 valence electrons. The van der Waals surface area contributed by atoms with Gasteiger partial charge >= 0.3 is 5.97 Å². The molecule has 0 saturated carbocycles. The number of nitrogens with one attached hydrogen (secondary N) is 2. The molecule has 0 amide bonds. The fourth-order valence-corrected chi connectivity index (χ4v) is 2.08. The number of carbonyl (C=O) groups is 2. The second kappa shape index (κ2) is 6.83. The van der Waals surface area contributed by atoms with Crippen LogP contribution in [0.2, 0.25) is 0 Å². The topological polar surface area (TPSA) is 103 Å². The lowest BCUT2D eigenvalue weighted by Gasteiger charge is -2.13. The minimum Gasteiger partial charge on any atom is -0.480 e. The van der Waals surface area contributed by atoms with Crippen molar-refractivity contribution in [1.29, 1.82) is 5.41 Å². The fourth-order valence-electron chi connectivity index (χ4n) is 2.08. The number of carboxylic acid groups (broad SMARTS) is 1. The summed E-state index contributed by atoms with van der Waals surface area (Å²) in [6, 6.07) is 8.95. The van der Waals surface area contributed by atoms with Gasteiger partial charge in [-0.25, -0.2) is 0 Å². The summed E-state index contributed by atoms with van der Waals surface area (Å²) in [5.74, 6) is -1.40. The zero-order valence-corrected chi connectivity index (χ0v) is 12.9. The van der Waals surface area contributed by atoms with Crippen molar-refractivity contribution in [2.24, 2.45) is 0 Å². The first-order chi connectivity index (χ1) is 10.9. The second-order valence-corrected chi connectivity index (χ2v) is 5.13. The van der Waals surface area contributed by atoms with Gasteiger partial charge in [-0.15, -0.1) is 0 Å². The summed E-state index contributed by atoms with van der Waals surface area (Å²) in [5.41, 5.74) is 3.20. The molecule has 0 atom stereocenters. The summed E-state index contributed by atoms with van der Waals surface area (Å²) >= 11 is 0. The maximum Gasteiger partial charge on any atom is 0.322 e. The van der Waals surface area contributed by atoms with Gasteiger partial charge in [0.15, 0.2) is 5.78 Å². The lowest BCUT2D eigenvalue weighted by Crippen LogP contribution is -2.17. The molecule has 1 aromatic carbocycles. The number of Topliss-reactive ketones (excluding diaryl/α,β-unsaturated/α-hetero) is 1. The van der Waals surface area contributed by atoms with E-state index in [2.05, 4.69) is 10.3 Å². The standard InChI is InChI=1S/C17H17N3O3/c1-10-3-4-13(8-19-10)12-5-6-15(20-9-16(22)23)14(7-12)17(18)11(2)21/h3-8,18,20H,9H2,1-2H3,(H,22,23). The number of anilines is 1. The number of aliphatic carboxylic acids is 1. The van der Waals surface area contributed by atoms with Crippen molar-refractivity contribution < 1.29 is 14.7 Å². The lowest BCUT2D eigenvalue weighted by molar-refractivity contribution is -0.134. The van der Waals surface area contributed by atoms with Crippen molar-refractivity contribution in [2.75, 3.05) is 11.9 Å². The van der Waals surface area contributed by atoms with E-state index in [1.165, 1.54) is 6.92 Å². The number of hydrogen-bond acceptors (Lipinski definition) is 5. The molecule has 23 heavy (non-hydrogen) atoms. The van der Waals surface area contributed by atoms with Crippen LogP contribution in [0.4, 0.5) is 5.69 Å². The highest BCUT2D eigenvalue weighted by Gasteiger charge is 2.14. The minimum atomic E-state index is -1.02. The van der Waals surface area contributed by atoms with Crippen LogP contribution in [0.15, 0.2) is 36.5 Å². The number of hydrogen-bond donors (Lipinski definition) is 3. The highest BCUT2D eigenvalue weighted by Crippen LogP contribution is 2.25. The van der Waals surface area contributed by atoms with E-state index >= 15 is 0 Å². The van der Waals surface area contributed by atoms with Gasteiger partial charge in [-0.2, -0.15) is 0 Å². The largest absolute Gasteiger partial charge is 0.480 e. The number of pyridine rings is 1. The molecule has 2 rings (SSSR count). The van der Waals surface area contributed by atoms with Crippen LogP contribution in [0.3, 0.4) is 0 Å². The number of nitrogens with zero attached hydrogens (tertiary/aromatic N) is 1. The zero-order chi connectivity index (χ0) is 17.0. The van der Waals surface area contributed by atoms with E-state index in [9.17, 15) is 9.59 Å². The SMILES string of the molecule is CC(=O)C(=N)c1cc(-c2ccc(C)nc2)ccc1NCC(=O)O. The Hall–Kier alpha value is -3.02. The van der Waals surface area contributed by atoms with E-state index in [4.69, 9.17) is 10.5 Å². The van der Waals surface area contributed by atoms with E-state index in [1.807, 2.05) is 19.1 Å². The molecule has 1 heterocycles. The van der Waals surface area contributed by atoms with E-state index in [-0.39, 0.29) is 18.0 Å². The van der Waals surface area contributed by atoms with E-state index in [0.29, 0.717) is 11.3 Å². The van der Waals surface area contributed by atoms with Gasteiger partial charge in [-0.05, 0) is 30.7 Å². The number of ketones is 1. The van der Waals surface area contributed by atoms with Crippen molar-refractivity contribution in [2.45, 2.75) is 13.8 Å². The molecule has 0 saturated heterocycles. The summed E-state index contributed by atoms with van der Waals surface area (Å²) in [7, 11) is 0. The van der Waals surface area contributed by atoms with Gasteiger partial charge in [-0.3, -0.25) is 20.0 Å². The molecule has 0 aliphatic rings. The van der Waals surface area contributed by atoms with Crippen LogP contribution in [0.5, 0.6) is 0 Å². The van der Waals surface area contributed by atoms with Gasteiger partial charge in [0.05, 0.1) is 0 Å². The predicted octanol–water partition coefficient (Wildman–Crippen LogP) is 2.51. The molecule has 0 spiro atoms. The Morgan fingerprint density at radius 1 is 1.22 bits per heavy atom. The maximum atomic E-state index is 11.5. The van der Waals surface area contributed by atoms with Crippen LogP contribution in [0.1, 0.15) is 18.2 Å². The molecule has 0 bridgehead atoms. The number of carbonyl (C=O) groups excluding carboxylic acids is 1. The van der Waals surface area contributed by atoms with Crippen LogP contribution in [-0.2, 0) is 9.59 Å². The van der Waals surface area contributed by atoms with Crippen molar-refractivity contribution in [3.05, 3.63) is 47.8 Å². The molecule has 3 N–H and O–H groups in total. The molecular weight excluding hydrogens is 294 g/mol. The van der Waals surface area contributed by atoms with Gasteiger partial charge in [0, 0.05) is 35.6 Å². The quantitative estimate of drug-likeness (QED) is 0.711. The lowest BCUT2D eigenvalue weighted by atomic mass is 9.98. The van der Waals surface area contributed by atoms with Crippen LogP contribution >= 0.6 is 0 Å². The smallest absolute Gasteiger partial charge is 0.322 e.